The van der Waals surface area contributed by atoms with Gasteiger partial charge in [0.15, 0.2) is 0 Å². The zero-order chi connectivity index (χ0) is 15.1. The molecule has 1 saturated heterocycles. The summed E-state index contributed by atoms with van der Waals surface area (Å²) in [5.41, 5.74) is 4.92. The maximum absolute atomic E-state index is 12.8. The van der Waals surface area contributed by atoms with Crippen molar-refractivity contribution >= 4 is 10.0 Å². The number of rotatable bonds is 2. The molecule has 0 aromatic heterocycles. The number of benzene rings is 1. The molecule has 0 unspecified atom stereocenters. The van der Waals surface area contributed by atoms with Gasteiger partial charge in [0.05, 0.1) is 11.5 Å². The first-order valence-electron chi connectivity index (χ1n) is 7.01. The smallest absolute Gasteiger partial charge is 0.265 e. The quantitative estimate of drug-likeness (QED) is 0.843. The van der Waals surface area contributed by atoms with Gasteiger partial charge in [-0.25, -0.2) is 8.42 Å². The van der Waals surface area contributed by atoms with Crippen LogP contribution in [0.15, 0.2) is 4.90 Å². The van der Waals surface area contributed by atoms with Crippen LogP contribution in [0.3, 0.4) is 0 Å². The molecule has 1 fully saturated rings. The van der Waals surface area contributed by atoms with E-state index in [4.69, 9.17) is 4.84 Å². The molecule has 1 aromatic carbocycles. The second-order valence-electron chi connectivity index (χ2n) is 5.53. The lowest BCUT2D eigenvalue weighted by atomic mass is 9.95. The summed E-state index contributed by atoms with van der Waals surface area (Å²) in [5, 5.41) is 0. The Balaban J connectivity index is 2.63. The number of sulfonamides is 1. The van der Waals surface area contributed by atoms with Crippen LogP contribution in [0.1, 0.15) is 40.7 Å². The summed E-state index contributed by atoms with van der Waals surface area (Å²) in [6, 6.07) is 0. The predicted molar refractivity (Wildman–Crippen MR) is 79.2 cm³/mol. The minimum atomic E-state index is -3.57. The first-order valence-corrected chi connectivity index (χ1v) is 8.45. The van der Waals surface area contributed by atoms with Gasteiger partial charge in [-0.2, -0.15) is 0 Å². The van der Waals surface area contributed by atoms with Gasteiger partial charge in [0, 0.05) is 6.54 Å². The molecule has 5 heteroatoms. The van der Waals surface area contributed by atoms with Crippen molar-refractivity contribution in [3.05, 3.63) is 27.8 Å². The maximum atomic E-state index is 12.8. The van der Waals surface area contributed by atoms with Gasteiger partial charge in [0.2, 0.25) is 0 Å². The molecule has 0 N–H and O–H groups in total. The van der Waals surface area contributed by atoms with Crippen LogP contribution in [0, 0.1) is 34.6 Å². The fraction of sp³-hybridized carbons (Fsp3) is 0.600. The second kappa shape index (κ2) is 5.47. The summed E-state index contributed by atoms with van der Waals surface area (Å²) in [7, 11) is -3.57. The molecule has 1 aromatic rings. The van der Waals surface area contributed by atoms with Crippen molar-refractivity contribution in [3.63, 3.8) is 0 Å². The van der Waals surface area contributed by atoms with E-state index >= 15 is 0 Å². The van der Waals surface area contributed by atoms with Crippen molar-refractivity contribution in [1.29, 1.82) is 0 Å². The highest BCUT2D eigenvalue weighted by atomic mass is 32.2. The van der Waals surface area contributed by atoms with Crippen LogP contribution in [0.25, 0.3) is 0 Å². The van der Waals surface area contributed by atoms with Gasteiger partial charge in [-0.1, -0.05) is 4.47 Å². The highest BCUT2D eigenvalue weighted by Gasteiger charge is 2.31. The largest absolute Gasteiger partial charge is 0.284 e. The summed E-state index contributed by atoms with van der Waals surface area (Å²) in [5.74, 6) is 0. The second-order valence-corrected chi connectivity index (χ2v) is 7.29. The molecule has 0 saturated carbocycles. The van der Waals surface area contributed by atoms with E-state index in [1.807, 2.05) is 34.6 Å². The predicted octanol–water partition coefficient (Wildman–Crippen LogP) is 2.94. The topological polar surface area (TPSA) is 46.6 Å². The molecule has 20 heavy (non-hydrogen) atoms. The van der Waals surface area contributed by atoms with Gasteiger partial charge in [0.1, 0.15) is 0 Å². The minimum Gasteiger partial charge on any atom is -0.284 e. The Hall–Kier alpha value is -0.910. The summed E-state index contributed by atoms with van der Waals surface area (Å²) in [6.07, 6.45) is 1.76. The van der Waals surface area contributed by atoms with Crippen molar-refractivity contribution in [2.75, 3.05) is 13.2 Å². The Bertz CT molecular complexity index is 600. The van der Waals surface area contributed by atoms with Crippen molar-refractivity contribution in [2.45, 2.75) is 52.4 Å². The Morgan fingerprint density at radius 3 is 1.80 bits per heavy atom. The maximum Gasteiger partial charge on any atom is 0.265 e. The summed E-state index contributed by atoms with van der Waals surface area (Å²) >= 11 is 0. The minimum absolute atomic E-state index is 0.417. The van der Waals surface area contributed by atoms with Crippen molar-refractivity contribution in [2.24, 2.45) is 0 Å². The summed E-state index contributed by atoms with van der Waals surface area (Å²) in [4.78, 5) is 5.78. The first-order chi connectivity index (χ1) is 9.28. The molecule has 2 rings (SSSR count). The highest BCUT2D eigenvalue weighted by molar-refractivity contribution is 7.89. The van der Waals surface area contributed by atoms with E-state index in [0.717, 1.165) is 35.1 Å². The van der Waals surface area contributed by atoms with E-state index in [9.17, 15) is 8.42 Å². The van der Waals surface area contributed by atoms with E-state index < -0.39 is 10.0 Å². The standard InChI is InChI=1S/C15H23NO3S/c1-10-11(2)13(4)15(14(5)12(10)3)20(17,18)16-8-6-7-9-19-16/h6-9H2,1-5H3. The molecule has 1 aliphatic heterocycles. The van der Waals surface area contributed by atoms with Crippen LogP contribution in [-0.4, -0.2) is 26.0 Å². The van der Waals surface area contributed by atoms with Crippen LogP contribution >= 0.6 is 0 Å². The van der Waals surface area contributed by atoms with E-state index in [1.165, 1.54) is 10.0 Å². The van der Waals surface area contributed by atoms with Crippen molar-refractivity contribution in [3.8, 4) is 0 Å². The summed E-state index contributed by atoms with van der Waals surface area (Å²) in [6.45, 7) is 10.7. The third-order valence-electron chi connectivity index (χ3n) is 4.43. The summed E-state index contributed by atoms with van der Waals surface area (Å²) < 4.78 is 26.9. The molecule has 1 aliphatic rings. The molecule has 0 spiro atoms. The number of hydrogen-bond donors (Lipinski definition) is 0. The van der Waals surface area contributed by atoms with Crippen LogP contribution < -0.4 is 0 Å². The van der Waals surface area contributed by atoms with E-state index in [2.05, 4.69) is 0 Å². The zero-order valence-electron chi connectivity index (χ0n) is 12.9. The molecule has 0 aliphatic carbocycles. The zero-order valence-corrected chi connectivity index (χ0v) is 13.7. The first kappa shape index (κ1) is 15.5. The number of hydroxylamine groups is 1. The van der Waals surface area contributed by atoms with E-state index in [0.29, 0.717) is 18.0 Å². The Morgan fingerprint density at radius 2 is 1.35 bits per heavy atom. The number of nitrogens with zero attached hydrogens (tertiary/aromatic N) is 1. The normalized spacial score (nSPS) is 17.4. The van der Waals surface area contributed by atoms with Gasteiger partial charge < -0.3 is 0 Å². The van der Waals surface area contributed by atoms with Gasteiger partial charge in [-0.05, 0) is 75.3 Å². The van der Waals surface area contributed by atoms with E-state index in [-0.39, 0.29) is 0 Å². The SMILES string of the molecule is Cc1c(C)c(C)c(S(=O)(=O)N2CCCCO2)c(C)c1C. The van der Waals surface area contributed by atoms with Gasteiger partial charge in [0.25, 0.3) is 10.0 Å². The molecule has 0 atom stereocenters. The molecule has 0 radical (unpaired) electrons. The molecule has 1 heterocycles. The van der Waals surface area contributed by atoms with Crippen LogP contribution in [-0.2, 0) is 14.9 Å². The third kappa shape index (κ3) is 2.38. The van der Waals surface area contributed by atoms with Crippen LogP contribution in [0.4, 0.5) is 0 Å². The third-order valence-corrected chi connectivity index (χ3v) is 6.38. The van der Waals surface area contributed by atoms with Gasteiger partial charge in [-0.3, -0.25) is 4.84 Å². The average molecular weight is 297 g/mol. The van der Waals surface area contributed by atoms with Crippen LogP contribution in [0.5, 0.6) is 0 Å². The lowest BCUT2D eigenvalue weighted by Gasteiger charge is -2.28. The molecule has 0 amide bonds. The van der Waals surface area contributed by atoms with Crippen molar-refractivity contribution < 1.29 is 13.3 Å². The lowest BCUT2D eigenvalue weighted by molar-refractivity contribution is -0.108. The van der Waals surface area contributed by atoms with Gasteiger partial charge >= 0.3 is 0 Å². The molecule has 4 nitrogen and oxygen atoms in total. The highest BCUT2D eigenvalue weighted by Crippen LogP contribution is 2.32. The Morgan fingerprint density at radius 1 is 0.850 bits per heavy atom. The van der Waals surface area contributed by atoms with Crippen LogP contribution in [0.2, 0.25) is 0 Å². The Labute approximate surface area is 121 Å². The monoisotopic (exact) mass is 297 g/mol. The van der Waals surface area contributed by atoms with Crippen molar-refractivity contribution in [1.82, 2.24) is 4.47 Å². The van der Waals surface area contributed by atoms with Gasteiger partial charge in [-0.15, -0.1) is 0 Å². The average Bonchev–Trinajstić information content (AvgIpc) is 2.44. The molecular formula is C15H23NO3S. The fourth-order valence-electron chi connectivity index (χ4n) is 2.72. The van der Waals surface area contributed by atoms with E-state index in [1.54, 1.807) is 0 Å². The number of hydrogen-bond acceptors (Lipinski definition) is 3. The lowest BCUT2D eigenvalue weighted by Crippen LogP contribution is -2.36. The fourth-order valence-corrected chi connectivity index (χ4v) is 4.58. The molecule has 0 bridgehead atoms. The Kier molecular flexibility index (Phi) is 4.23. The molecular weight excluding hydrogens is 274 g/mol. The molecule has 112 valence electrons.